The van der Waals surface area contributed by atoms with E-state index < -0.39 is 5.41 Å². The summed E-state index contributed by atoms with van der Waals surface area (Å²) in [6.07, 6.45) is 1.02. The Morgan fingerprint density at radius 1 is 1.33 bits per heavy atom. The molecule has 0 amide bonds. The van der Waals surface area contributed by atoms with Gasteiger partial charge in [0.15, 0.2) is 5.78 Å². The van der Waals surface area contributed by atoms with Gasteiger partial charge in [-0.3, -0.25) is 4.79 Å². The summed E-state index contributed by atoms with van der Waals surface area (Å²) in [6, 6.07) is 7.71. The fraction of sp³-hybridized carbons (Fsp3) is 0.533. The second kappa shape index (κ2) is 5.21. The highest BCUT2D eigenvalue weighted by Gasteiger charge is 2.45. The molecule has 3 nitrogen and oxygen atoms in total. The van der Waals surface area contributed by atoms with E-state index in [0.717, 1.165) is 6.42 Å². The number of carbonyl (C=O) groups excluding carboxylic acids is 1. The Morgan fingerprint density at radius 3 is 2.33 bits per heavy atom. The van der Waals surface area contributed by atoms with E-state index in [2.05, 4.69) is 13.8 Å². The molecule has 1 N–H and O–H groups in total. The van der Waals surface area contributed by atoms with Crippen molar-refractivity contribution in [2.75, 3.05) is 19.8 Å². The van der Waals surface area contributed by atoms with Gasteiger partial charge in [-0.05, 0) is 17.9 Å². The Balaban J connectivity index is 2.12. The van der Waals surface area contributed by atoms with Crippen molar-refractivity contribution in [3.8, 4) is 0 Å². The van der Waals surface area contributed by atoms with Crippen molar-refractivity contribution in [3.63, 3.8) is 0 Å². The molecule has 0 aromatic heterocycles. The van der Waals surface area contributed by atoms with Gasteiger partial charge < -0.3 is 9.84 Å². The Kier molecular flexibility index (Phi) is 3.83. The van der Waals surface area contributed by atoms with Crippen LogP contribution in [0.25, 0.3) is 0 Å². The summed E-state index contributed by atoms with van der Waals surface area (Å²) in [5.41, 5.74) is 1.21. The van der Waals surface area contributed by atoms with Crippen molar-refractivity contribution in [2.24, 2.45) is 11.3 Å². The number of Topliss-reactive ketones (excluding diaryl/α,β-unsaturated/α-hetero) is 1. The molecule has 2 rings (SSSR count). The molecule has 1 heterocycles. The molecule has 0 saturated carbocycles. The van der Waals surface area contributed by atoms with Gasteiger partial charge in [0.05, 0.1) is 19.8 Å². The highest BCUT2D eigenvalue weighted by molar-refractivity contribution is 6.01. The third-order valence-corrected chi connectivity index (χ3v) is 3.40. The summed E-state index contributed by atoms with van der Waals surface area (Å²) in [6.45, 7) is 4.86. The highest BCUT2D eigenvalue weighted by atomic mass is 16.5. The largest absolute Gasteiger partial charge is 0.395 e. The van der Waals surface area contributed by atoms with Gasteiger partial charge in [-0.2, -0.15) is 0 Å². The maximum atomic E-state index is 12.3. The fourth-order valence-corrected chi connectivity index (χ4v) is 2.21. The average Bonchev–Trinajstić information content (AvgIpc) is 2.28. The van der Waals surface area contributed by atoms with Crippen LogP contribution >= 0.6 is 0 Å². The molecule has 98 valence electrons. The van der Waals surface area contributed by atoms with Crippen molar-refractivity contribution < 1.29 is 14.6 Å². The number of aliphatic hydroxyl groups excluding tert-OH is 1. The van der Waals surface area contributed by atoms with E-state index in [-0.39, 0.29) is 12.4 Å². The number of hydrogen-bond acceptors (Lipinski definition) is 3. The second-order valence-corrected chi connectivity index (χ2v) is 5.56. The van der Waals surface area contributed by atoms with Crippen molar-refractivity contribution in [2.45, 2.75) is 20.3 Å². The topological polar surface area (TPSA) is 46.5 Å². The van der Waals surface area contributed by atoms with Crippen LogP contribution in [0.2, 0.25) is 0 Å². The lowest BCUT2D eigenvalue weighted by Crippen LogP contribution is -2.51. The van der Waals surface area contributed by atoms with Gasteiger partial charge in [-0.15, -0.1) is 0 Å². The average molecular weight is 248 g/mol. The van der Waals surface area contributed by atoms with Gasteiger partial charge in [0.25, 0.3) is 0 Å². The summed E-state index contributed by atoms with van der Waals surface area (Å²) in [7, 11) is 0. The highest BCUT2D eigenvalue weighted by Crippen LogP contribution is 2.31. The predicted octanol–water partition coefficient (Wildman–Crippen LogP) is 2.08. The van der Waals surface area contributed by atoms with E-state index >= 15 is 0 Å². The first-order valence-electron chi connectivity index (χ1n) is 6.40. The van der Waals surface area contributed by atoms with Gasteiger partial charge in [-0.25, -0.2) is 0 Å². The molecular weight excluding hydrogens is 228 g/mol. The minimum absolute atomic E-state index is 0.00709. The third-order valence-electron chi connectivity index (χ3n) is 3.40. The third kappa shape index (κ3) is 2.47. The fourth-order valence-electron chi connectivity index (χ4n) is 2.21. The lowest BCUT2D eigenvalue weighted by Gasteiger charge is -2.38. The Bertz CT molecular complexity index is 410. The molecule has 18 heavy (non-hydrogen) atoms. The van der Waals surface area contributed by atoms with Gasteiger partial charge in [-0.1, -0.05) is 38.1 Å². The molecular formula is C15H20O3. The molecule has 0 bridgehead atoms. The zero-order valence-corrected chi connectivity index (χ0v) is 11.0. The summed E-state index contributed by atoms with van der Waals surface area (Å²) in [4.78, 5) is 12.3. The zero-order chi connectivity index (χ0) is 13.2. The van der Waals surface area contributed by atoms with Gasteiger partial charge >= 0.3 is 0 Å². The van der Waals surface area contributed by atoms with Crippen LogP contribution in [-0.2, 0) is 11.2 Å². The Hall–Kier alpha value is -1.19. The van der Waals surface area contributed by atoms with E-state index in [1.165, 1.54) is 5.56 Å². The molecule has 1 aliphatic heterocycles. The van der Waals surface area contributed by atoms with E-state index in [1.807, 2.05) is 24.3 Å². The molecule has 0 spiro atoms. The SMILES string of the molecule is CC(C)Cc1ccc(C(=O)C2(CO)COC2)cc1. The summed E-state index contributed by atoms with van der Waals surface area (Å²) >= 11 is 0. The quantitative estimate of drug-likeness (QED) is 0.811. The lowest BCUT2D eigenvalue weighted by atomic mass is 9.79. The summed E-state index contributed by atoms with van der Waals surface area (Å²) in [5.74, 6) is 0.600. The number of benzene rings is 1. The number of ketones is 1. The molecule has 1 aromatic carbocycles. The van der Waals surface area contributed by atoms with Crippen LogP contribution in [0.5, 0.6) is 0 Å². The van der Waals surface area contributed by atoms with Gasteiger partial charge in [0.1, 0.15) is 5.41 Å². The van der Waals surface area contributed by atoms with Gasteiger partial charge in [0.2, 0.25) is 0 Å². The Morgan fingerprint density at radius 2 is 1.94 bits per heavy atom. The number of carbonyl (C=O) groups is 1. The van der Waals surface area contributed by atoms with Crippen LogP contribution in [0.15, 0.2) is 24.3 Å². The van der Waals surface area contributed by atoms with Gasteiger partial charge in [0, 0.05) is 5.56 Å². The standard InChI is InChI=1S/C15H20O3/c1-11(2)7-12-3-5-13(6-4-12)14(17)15(8-16)9-18-10-15/h3-6,11,16H,7-10H2,1-2H3. The normalized spacial score (nSPS) is 17.6. The van der Waals surface area contributed by atoms with Crippen molar-refractivity contribution in [3.05, 3.63) is 35.4 Å². The molecule has 1 aromatic rings. The minimum Gasteiger partial charge on any atom is -0.395 e. The van der Waals surface area contributed by atoms with E-state index in [9.17, 15) is 9.90 Å². The second-order valence-electron chi connectivity index (χ2n) is 5.56. The number of hydrogen-bond donors (Lipinski definition) is 1. The van der Waals surface area contributed by atoms with Crippen LogP contribution in [0.3, 0.4) is 0 Å². The number of ether oxygens (including phenoxy) is 1. The summed E-state index contributed by atoms with van der Waals surface area (Å²) < 4.78 is 5.07. The zero-order valence-electron chi connectivity index (χ0n) is 11.0. The molecule has 0 aliphatic carbocycles. The predicted molar refractivity (Wildman–Crippen MR) is 69.7 cm³/mol. The van der Waals surface area contributed by atoms with Crippen LogP contribution in [0.4, 0.5) is 0 Å². The lowest BCUT2D eigenvalue weighted by molar-refractivity contribution is -0.109. The Labute approximate surface area is 108 Å². The number of rotatable bonds is 5. The van der Waals surface area contributed by atoms with Crippen molar-refractivity contribution in [1.82, 2.24) is 0 Å². The van der Waals surface area contributed by atoms with E-state index in [0.29, 0.717) is 24.7 Å². The first-order valence-corrected chi connectivity index (χ1v) is 6.40. The smallest absolute Gasteiger partial charge is 0.175 e. The first-order chi connectivity index (χ1) is 8.57. The van der Waals surface area contributed by atoms with E-state index in [1.54, 1.807) is 0 Å². The monoisotopic (exact) mass is 248 g/mol. The number of aliphatic hydroxyl groups is 1. The summed E-state index contributed by atoms with van der Waals surface area (Å²) in [5, 5.41) is 9.34. The van der Waals surface area contributed by atoms with Crippen molar-refractivity contribution >= 4 is 5.78 Å². The maximum absolute atomic E-state index is 12.3. The molecule has 1 aliphatic rings. The molecule has 0 radical (unpaired) electrons. The van der Waals surface area contributed by atoms with E-state index in [4.69, 9.17) is 4.74 Å². The molecule has 1 fully saturated rings. The molecule has 1 saturated heterocycles. The molecule has 0 atom stereocenters. The van der Waals surface area contributed by atoms with Crippen LogP contribution in [0, 0.1) is 11.3 Å². The van der Waals surface area contributed by atoms with Crippen molar-refractivity contribution in [1.29, 1.82) is 0 Å². The maximum Gasteiger partial charge on any atom is 0.175 e. The van der Waals surface area contributed by atoms with Crippen LogP contribution in [-0.4, -0.2) is 30.7 Å². The van der Waals surface area contributed by atoms with Crippen LogP contribution in [0.1, 0.15) is 29.8 Å². The molecule has 0 unspecified atom stereocenters. The first kappa shape index (κ1) is 13.2. The minimum atomic E-state index is -0.695. The molecule has 3 heteroatoms. The van der Waals surface area contributed by atoms with Crippen LogP contribution < -0.4 is 0 Å².